The first kappa shape index (κ1) is 21.9. The number of rotatable bonds is 6. The van der Waals surface area contributed by atoms with Crippen LogP contribution in [-0.2, 0) is 4.74 Å². The fourth-order valence-electron chi connectivity index (χ4n) is 3.60. The van der Waals surface area contributed by atoms with E-state index in [0.717, 1.165) is 0 Å². The lowest BCUT2D eigenvalue weighted by Gasteiger charge is -2.33. The highest BCUT2D eigenvalue weighted by atomic mass is 35.5. The van der Waals surface area contributed by atoms with Crippen molar-refractivity contribution in [2.24, 2.45) is 5.92 Å². The lowest BCUT2D eigenvalue weighted by Crippen LogP contribution is -2.48. The molecular formula is C22H27ClN2O3S. The molecule has 3 rings (SSSR count). The maximum absolute atomic E-state index is 13.9. The lowest BCUT2D eigenvalue weighted by molar-refractivity contribution is -0.0484. The molecule has 1 aromatic carbocycles. The van der Waals surface area contributed by atoms with Gasteiger partial charge in [0, 0.05) is 5.56 Å². The van der Waals surface area contributed by atoms with Crippen LogP contribution in [0, 0.1) is 12.8 Å². The second-order valence-corrected chi connectivity index (χ2v) is 10.2. The number of hydrogen-bond acceptors (Lipinski definition) is 5. The molecule has 5 nitrogen and oxygen atoms in total. The summed E-state index contributed by atoms with van der Waals surface area (Å²) in [5, 5.41) is 4.64. The molecule has 2 heterocycles. The molecule has 0 bridgehead atoms. The summed E-state index contributed by atoms with van der Waals surface area (Å²) in [7, 11) is 0. The van der Waals surface area contributed by atoms with E-state index in [9.17, 15) is 4.79 Å². The number of benzene rings is 1. The van der Waals surface area contributed by atoms with Gasteiger partial charge in [0.15, 0.2) is 0 Å². The summed E-state index contributed by atoms with van der Waals surface area (Å²) in [6.45, 7) is 14.3. The maximum atomic E-state index is 13.9. The Morgan fingerprint density at radius 1 is 1.45 bits per heavy atom. The van der Waals surface area contributed by atoms with Crippen molar-refractivity contribution in [2.75, 3.05) is 6.61 Å². The van der Waals surface area contributed by atoms with Crippen LogP contribution >= 0.6 is 23.4 Å². The molecule has 2 unspecified atom stereocenters. The lowest BCUT2D eigenvalue weighted by atomic mass is 10.0. The van der Waals surface area contributed by atoms with Crippen LogP contribution in [0.4, 0.5) is 0 Å². The van der Waals surface area contributed by atoms with Gasteiger partial charge in [-0.25, -0.2) is 0 Å². The summed E-state index contributed by atoms with van der Waals surface area (Å²) in [5.41, 5.74) is 1.55. The monoisotopic (exact) mass is 434 g/mol. The number of nitrogens with zero attached hydrogens (tertiary/aromatic N) is 2. The largest absolute Gasteiger partial charge is 0.360 e. The highest BCUT2D eigenvalue weighted by Gasteiger charge is 2.52. The number of hydrogen-bond donors (Lipinski definition) is 0. The third-order valence-corrected chi connectivity index (χ3v) is 7.08. The van der Waals surface area contributed by atoms with Gasteiger partial charge in [-0.1, -0.05) is 54.9 Å². The molecule has 2 atom stereocenters. The van der Waals surface area contributed by atoms with Crippen molar-refractivity contribution in [3.05, 3.63) is 53.3 Å². The van der Waals surface area contributed by atoms with Gasteiger partial charge in [0.25, 0.3) is 5.91 Å². The van der Waals surface area contributed by atoms with Crippen LogP contribution < -0.4 is 0 Å². The number of carbonyl (C=O) groups is 1. The normalized spacial score (nSPS) is 21.0. The topological polar surface area (TPSA) is 55.6 Å². The van der Waals surface area contributed by atoms with Crippen molar-refractivity contribution in [3.63, 3.8) is 0 Å². The van der Waals surface area contributed by atoms with Gasteiger partial charge in [-0.05, 0) is 32.8 Å². The molecule has 7 heteroatoms. The summed E-state index contributed by atoms with van der Waals surface area (Å²) in [4.78, 5) is 15.7. The zero-order valence-electron chi connectivity index (χ0n) is 17.4. The molecule has 156 valence electrons. The van der Waals surface area contributed by atoms with E-state index in [0.29, 0.717) is 34.2 Å². The summed E-state index contributed by atoms with van der Waals surface area (Å²) < 4.78 is 11.2. The molecule has 2 aromatic rings. The molecule has 1 aromatic heterocycles. The summed E-state index contributed by atoms with van der Waals surface area (Å²) in [6.07, 6.45) is 1.30. The van der Waals surface area contributed by atoms with Gasteiger partial charge >= 0.3 is 0 Å². The first-order valence-electron chi connectivity index (χ1n) is 9.63. The highest BCUT2D eigenvalue weighted by molar-refractivity contribution is 8.01. The summed E-state index contributed by atoms with van der Waals surface area (Å²) in [6, 6.07) is 7.32. The number of carbonyl (C=O) groups excluding carboxylic acids is 1. The molecular weight excluding hydrogens is 408 g/mol. The Labute approximate surface area is 181 Å². The van der Waals surface area contributed by atoms with Crippen molar-refractivity contribution in [2.45, 2.75) is 51.0 Å². The third kappa shape index (κ3) is 4.11. The minimum atomic E-state index is -0.404. The molecule has 0 N–H and O–H groups in total. The zero-order valence-corrected chi connectivity index (χ0v) is 19.0. The molecule has 1 aliphatic heterocycles. The summed E-state index contributed by atoms with van der Waals surface area (Å²) >= 11 is 8.13. The van der Waals surface area contributed by atoms with E-state index in [1.54, 1.807) is 30.8 Å². The number of amides is 1. The van der Waals surface area contributed by atoms with Crippen molar-refractivity contribution >= 4 is 29.3 Å². The van der Waals surface area contributed by atoms with Crippen molar-refractivity contribution in [1.29, 1.82) is 0 Å². The quantitative estimate of drug-likeness (QED) is 0.539. The van der Waals surface area contributed by atoms with Crippen LogP contribution in [0.25, 0.3) is 11.3 Å². The van der Waals surface area contributed by atoms with E-state index in [4.69, 9.17) is 20.9 Å². The van der Waals surface area contributed by atoms with E-state index in [-0.39, 0.29) is 21.9 Å². The molecule has 29 heavy (non-hydrogen) atoms. The number of thioether (sulfide) groups is 1. The fraction of sp³-hybridized carbons (Fsp3) is 0.455. The van der Waals surface area contributed by atoms with Gasteiger partial charge in [-0.2, -0.15) is 0 Å². The molecule has 0 saturated carbocycles. The standard InChI is InChI=1S/C22H27ClN2O3S/c1-7-12-27-21-22(5,6)29-20(13(2)3)25(21)19(26)17-14(4)28-24-18(17)15-10-8-9-11-16(15)23/h7-11,13,20-21H,1,12H2,2-6H3. The van der Waals surface area contributed by atoms with E-state index in [1.807, 2.05) is 23.1 Å². The number of ether oxygens (including phenoxy) is 1. The van der Waals surface area contributed by atoms with Crippen LogP contribution in [0.5, 0.6) is 0 Å². The Balaban J connectivity index is 2.09. The molecule has 1 fully saturated rings. The second-order valence-electron chi connectivity index (χ2n) is 7.98. The smallest absolute Gasteiger partial charge is 0.262 e. The number of aromatic nitrogens is 1. The van der Waals surface area contributed by atoms with Crippen molar-refractivity contribution < 1.29 is 14.1 Å². The predicted molar refractivity (Wildman–Crippen MR) is 118 cm³/mol. The Kier molecular flexibility index (Phi) is 6.46. The van der Waals surface area contributed by atoms with Gasteiger partial charge in [-0.3, -0.25) is 9.69 Å². The maximum Gasteiger partial charge on any atom is 0.262 e. The average Bonchev–Trinajstić information content (AvgIpc) is 3.17. The minimum Gasteiger partial charge on any atom is -0.360 e. The molecule has 0 spiro atoms. The van der Waals surface area contributed by atoms with E-state index < -0.39 is 6.23 Å². The Bertz CT molecular complexity index is 909. The fourth-order valence-corrected chi connectivity index (χ4v) is 5.34. The van der Waals surface area contributed by atoms with E-state index in [1.165, 1.54) is 0 Å². The van der Waals surface area contributed by atoms with Gasteiger partial charge in [0.2, 0.25) is 0 Å². The highest BCUT2D eigenvalue weighted by Crippen LogP contribution is 2.48. The first-order chi connectivity index (χ1) is 13.7. The van der Waals surface area contributed by atoms with Crippen LogP contribution in [0.15, 0.2) is 41.4 Å². The SMILES string of the molecule is C=CCOC1N(C(=O)c2c(-c3ccccc3Cl)noc2C)C(C(C)C)SC1(C)C. The zero-order chi connectivity index (χ0) is 21.3. The second kappa shape index (κ2) is 8.54. The van der Waals surface area contributed by atoms with Crippen LogP contribution in [0.2, 0.25) is 5.02 Å². The minimum absolute atomic E-state index is 0.0410. The van der Waals surface area contributed by atoms with Gasteiger partial charge in [0.05, 0.1) is 21.8 Å². The van der Waals surface area contributed by atoms with E-state index in [2.05, 4.69) is 39.4 Å². The molecule has 1 amide bonds. The van der Waals surface area contributed by atoms with Gasteiger partial charge < -0.3 is 9.26 Å². The molecule has 0 radical (unpaired) electrons. The number of halogens is 1. The Morgan fingerprint density at radius 2 is 2.14 bits per heavy atom. The predicted octanol–water partition coefficient (Wildman–Crippen LogP) is 5.78. The Morgan fingerprint density at radius 3 is 2.76 bits per heavy atom. The average molecular weight is 435 g/mol. The molecule has 1 aliphatic rings. The van der Waals surface area contributed by atoms with Crippen LogP contribution in [0.3, 0.4) is 0 Å². The van der Waals surface area contributed by atoms with Crippen LogP contribution in [0.1, 0.15) is 43.8 Å². The van der Waals surface area contributed by atoms with Gasteiger partial charge in [0.1, 0.15) is 23.2 Å². The van der Waals surface area contributed by atoms with Crippen molar-refractivity contribution in [1.82, 2.24) is 10.1 Å². The Hall–Kier alpha value is -1.76. The molecule has 0 aliphatic carbocycles. The van der Waals surface area contributed by atoms with Crippen LogP contribution in [-0.4, -0.2) is 38.9 Å². The number of aryl methyl sites for hydroxylation is 1. The van der Waals surface area contributed by atoms with Gasteiger partial charge in [-0.15, -0.1) is 18.3 Å². The first-order valence-corrected chi connectivity index (χ1v) is 10.9. The van der Waals surface area contributed by atoms with Crippen molar-refractivity contribution in [3.8, 4) is 11.3 Å². The third-order valence-electron chi connectivity index (χ3n) is 4.93. The van der Waals surface area contributed by atoms with E-state index >= 15 is 0 Å². The molecule has 1 saturated heterocycles. The summed E-state index contributed by atoms with van der Waals surface area (Å²) in [5.74, 6) is 0.540.